The minimum atomic E-state index is -0.171. The molecule has 1 aliphatic heterocycles. The SMILES string of the molecule is COc1ccc(-c2noc(CN3C(=O)COc4ccccc43)n2)c(OC)c1. The van der Waals surface area contributed by atoms with Crippen molar-refractivity contribution >= 4 is 11.6 Å². The summed E-state index contributed by atoms with van der Waals surface area (Å²) < 4.78 is 21.4. The molecule has 1 aromatic heterocycles. The van der Waals surface area contributed by atoms with Gasteiger partial charge in [0.1, 0.15) is 23.8 Å². The second kappa shape index (κ2) is 6.99. The molecule has 4 rings (SSSR count). The minimum absolute atomic E-state index is 0.0235. The smallest absolute Gasteiger partial charge is 0.265 e. The predicted octanol–water partition coefficient (Wildman–Crippen LogP) is 2.68. The molecule has 3 aromatic rings. The Labute approximate surface area is 155 Å². The largest absolute Gasteiger partial charge is 0.497 e. The standard InChI is InChI=1S/C19H17N3O5/c1-24-12-7-8-13(16(9-12)25-2)19-20-17(27-21-19)10-22-14-5-3-4-6-15(14)26-11-18(22)23/h3-9H,10-11H2,1-2H3. The van der Waals surface area contributed by atoms with Crippen LogP contribution in [0.2, 0.25) is 0 Å². The molecule has 8 heteroatoms. The maximum Gasteiger partial charge on any atom is 0.265 e. The molecule has 8 nitrogen and oxygen atoms in total. The van der Waals surface area contributed by atoms with Gasteiger partial charge in [-0.25, -0.2) is 0 Å². The fraction of sp³-hybridized carbons (Fsp3) is 0.211. The normalized spacial score (nSPS) is 13.1. The lowest BCUT2D eigenvalue weighted by Crippen LogP contribution is -2.38. The second-order valence-electron chi connectivity index (χ2n) is 5.81. The van der Waals surface area contributed by atoms with E-state index in [0.717, 1.165) is 0 Å². The highest BCUT2D eigenvalue weighted by Crippen LogP contribution is 2.34. The number of carbonyl (C=O) groups excluding carboxylic acids is 1. The number of hydrogen-bond donors (Lipinski definition) is 0. The third-order valence-corrected chi connectivity index (χ3v) is 4.22. The topological polar surface area (TPSA) is 86.9 Å². The van der Waals surface area contributed by atoms with Crippen molar-refractivity contribution in [1.29, 1.82) is 0 Å². The monoisotopic (exact) mass is 367 g/mol. The Kier molecular flexibility index (Phi) is 4.37. The van der Waals surface area contributed by atoms with E-state index in [1.54, 1.807) is 37.3 Å². The third-order valence-electron chi connectivity index (χ3n) is 4.22. The lowest BCUT2D eigenvalue weighted by molar-refractivity contribution is -0.121. The van der Waals surface area contributed by atoms with Gasteiger partial charge >= 0.3 is 0 Å². The summed E-state index contributed by atoms with van der Waals surface area (Å²) in [6, 6.07) is 12.7. The molecule has 0 saturated carbocycles. The molecule has 0 atom stereocenters. The molecule has 0 aliphatic carbocycles. The number of nitrogens with zero attached hydrogens (tertiary/aromatic N) is 3. The highest BCUT2D eigenvalue weighted by atomic mass is 16.5. The Morgan fingerprint density at radius 1 is 1.15 bits per heavy atom. The number of hydrogen-bond acceptors (Lipinski definition) is 7. The van der Waals surface area contributed by atoms with E-state index in [-0.39, 0.29) is 19.1 Å². The van der Waals surface area contributed by atoms with Gasteiger partial charge in [-0.05, 0) is 24.3 Å². The van der Waals surface area contributed by atoms with Crippen LogP contribution in [0, 0.1) is 0 Å². The van der Waals surface area contributed by atoms with E-state index in [0.29, 0.717) is 40.2 Å². The van der Waals surface area contributed by atoms with Crippen molar-refractivity contribution in [2.75, 3.05) is 25.7 Å². The van der Waals surface area contributed by atoms with Gasteiger partial charge in [0, 0.05) is 6.07 Å². The lowest BCUT2D eigenvalue weighted by atomic mass is 10.2. The van der Waals surface area contributed by atoms with Crippen molar-refractivity contribution < 1.29 is 23.5 Å². The van der Waals surface area contributed by atoms with Crippen molar-refractivity contribution in [3.63, 3.8) is 0 Å². The molecule has 2 aromatic carbocycles. The molecule has 1 aliphatic rings. The number of carbonyl (C=O) groups is 1. The van der Waals surface area contributed by atoms with Crippen molar-refractivity contribution in [1.82, 2.24) is 10.1 Å². The number of methoxy groups -OCH3 is 2. The summed E-state index contributed by atoms with van der Waals surface area (Å²) >= 11 is 0. The van der Waals surface area contributed by atoms with Gasteiger partial charge in [0.2, 0.25) is 11.7 Å². The average Bonchev–Trinajstić information content (AvgIpc) is 3.18. The summed E-state index contributed by atoms with van der Waals surface area (Å²) in [6.45, 7) is 0.134. The minimum Gasteiger partial charge on any atom is -0.497 e. The Morgan fingerprint density at radius 3 is 2.81 bits per heavy atom. The Bertz CT molecular complexity index is 985. The highest BCUT2D eigenvalue weighted by Gasteiger charge is 2.27. The first-order chi connectivity index (χ1) is 13.2. The first-order valence-corrected chi connectivity index (χ1v) is 8.27. The van der Waals surface area contributed by atoms with Crippen LogP contribution in [0.5, 0.6) is 17.2 Å². The lowest BCUT2D eigenvalue weighted by Gasteiger charge is -2.27. The van der Waals surface area contributed by atoms with Gasteiger partial charge in [0.05, 0.1) is 25.5 Å². The fourth-order valence-electron chi connectivity index (χ4n) is 2.87. The molecule has 0 N–H and O–H groups in total. The zero-order chi connectivity index (χ0) is 18.8. The van der Waals surface area contributed by atoms with E-state index < -0.39 is 0 Å². The maximum absolute atomic E-state index is 12.3. The third kappa shape index (κ3) is 3.17. The van der Waals surface area contributed by atoms with E-state index in [1.807, 2.05) is 24.3 Å². The van der Waals surface area contributed by atoms with Crippen LogP contribution in [-0.2, 0) is 11.3 Å². The van der Waals surface area contributed by atoms with Crippen LogP contribution in [0.4, 0.5) is 5.69 Å². The summed E-state index contributed by atoms with van der Waals surface area (Å²) in [7, 11) is 3.14. The van der Waals surface area contributed by atoms with Gasteiger partial charge in [-0.2, -0.15) is 4.98 Å². The summed E-state index contributed by atoms with van der Waals surface area (Å²) in [6.07, 6.45) is 0. The quantitative estimate of drug-likeness (QED) is 0.685. The van der Waals surface area contributed by atoms with Gasteiger partial charge in [-0.15, -0.1) is 0 Å². The Balaban J connectivity index is 1.62. The number of amides is 1. The number of benzene rings is 2. The first-order valence-electron chi connectivity index (χ1n) is 8.27. The van der Waals surface area contributed by atoms with E-state index in [9.17, 15) is 4.79 Å². The van der Waals surface area contributed by atoms with Gasteiger partial charge in [-0.1, -0.05) is 17.3 Å². The predicted molar refractivity (Wildman–Crippen MR) is 96.0 cm³/mol. The van der Waals surface area contributed by atoms with E-state index in [1.165, 1.54) is 0 Å². The van der Waals surface area contributed by atoms with Gasteiger partial charge in [0.15, 0.2) is 6.61 Å². The molecule has 0 radical (unpaired) electrons. The van der Waals surface area contributed by atoms with Crippen LogP contribution in [0.25, 0.3) is 11.4 Å². The molecule has 0 fully saturated rings. The van der Waals surface area contributed by atoms with Gasteiger partial charge in [0.25, 0.3) is 5.91 Å². The van der Waals surface area contributed by atoms with Crippen molar-refractivity contribution in [3.8, 4) is 28.6 Å². The number of para-hydroxylation sites is 2. The molecule has 0 saturated heterocycles. The van der Waals surface area contributed by atoms with Crippen molar-refractivity contribution in [3.05, 3.63) is 48.4 Å². The van der Waals surface area contributed by atoms with E-state index >= 15 is 0 Å². The average molecular weight is 367 g/mol. The summed E-state index contributed by atoms with van der Waals surface area (Å²) in [5.41, 5.74) is 1.34. The molecule has 0 bridgehead atoms. The van der Waals surface area contributed by atoms with Crippen molar-refractivity contribution in [2.45, 2.75) is 6.54 Å². The van der Waals surface area contributed by atoms with Gasteiger partial charge in [-0.3, -0.25) is 9.69 Å². The van der Waals surface area contributed by atoms with E-state index in [2.05, 4.69) is 10.1 Å². The fourth-order valence-corrected chi connectivity index (χ4v) is 2.87. The molecule has 0 unspecified atom stereocenters. The first kappa shape index (κ1) is 16.9. The molecule has 0 spiro atoms. The molecule has 2 heterocycles. The van der Waals surface area contributed by atoms with E-state index in [4.69, 9.17) is 18.7 Å². The highest BCUT2D eigenvalue weighted by molar-refractivity contribution is 5.97. The van der Waals surface area contributed by atoms with Crippen LogP contribution >= 0.6 is 0 Å². The molecular formula is C19H17N3O5. The Morgan fingerprint density at radius 2 is 2.00 bits per heavy atom. The van der Waals surface area contributed by atoms with Crippen LogP contribution in [-0.4, -0.2) is 36.9 Å². The number of fused-ring (bicyclic) bond motifs is 1. The molecule has 27 heavy (non-hydrogen) atoms. The van der Waals surface area contributed by atoms with Crippen LogP contribution in [0.1, 0.15) is 5.89 Å². The summed E-state index contributed by atoms with van der Waals surface area (Å²) in [5.74, 6) is 2.39. The molecule has 1 amide bonds. The van der Waals surface area contributed by atoms with Crippen LogP contribution < -0.4 is 19.1 Å². The number of ether oxygens (including phenoxy) is 3. The number of aromatic nitrogens is 2. The summed E-state index contributed by atoms with van der Waals surface area (Å²) in [5, 5.41) is 4.02. The molecular weight excluding hydrogens is 350 g/mol. The summed E-state index contributed by atoms with van der Waals surface area (Å²) in [4.78, 5) is 18.3. The zero-order valence-electron chi connectivity index (χ0n) is 14.8. The Hall–Kier alpha value is -3.55. The van der Waals surface area contributed by atoms with Crippen molar-refractivity contribution in [2.24, 2.45) is 0 Å². The molecule has 138 valence electrons. The van der Waals surface area contributed by atoms with Crippen LogP contribution in [0.3, 0.4) is 0 Å². The number of anilines is 1. The maximum atomic E-state index is 12.3. The second-order valence-corrected chi connectivity index (χ2v) is 5.81. The van der Waals surface area contributed by atoms with Crippen LogP contribution in [0.15, 0.2) is 47.0 Å². The number of rotatable bonds is 5. The zero-order valence-corrected chi connectivity index (χ0v) is 14.8. The van der Waals surface area contributed by atoms with Gasteiger partial charge < -0.3 is 18.7 Å².